The second-order valence-electron chi connectivity index (χ2n) is 4.20. The number of nitriles is 1. The van der Waals surface area contributed by atoms with Crippen LogP contribution in [0.15, 0.2) is 35.4 Å². The van der Waals surface area contributed by atoms with E-state index in [2.05, 4.69) is 25.3 Å². The van der Waals surface area contributed by atoms with Crippen molar-refractivity contribution in [1.82, 2.24) is 19.9 Å². The van der Waals surface area contributed by atoms with Gasteiger partial charge in [-0.3, -0.25) is 4.98 Å². The molecule has 0 radical (unpaired) electrons. The van der Waals surface area contributed by atoms with Crippen LogP contribution in [-0.2, 0) is 6.54 Å². The second-order valence-corrected chi connectivity index (χ2v) is 4.20. The molecule has 0 atom stereocenters. The molecule has 0 aliphatic heterocycles. The van der Waals surface area contributed by atoms with Gasteiger partial charge in [0.25, 0.3) is 0 Å². The molecule has 20 heavy (non-hydrogen) atoms. The van der Waals surface area contributed by atoms with E-state index in [1.54, 1.807) is 6.33 Å². The van der Waals surface area contributed by atoms with Crippen LogP contribution in [0.4, 0.5) is 5.82 Å². The van der Waals surface area contributed by atoms with Gasteiger partial charge >= 0.3 is 5.69 Å². The molecular weight excluding hydrogens is 256 g/mol. The Hall–Kier alpha value is -3.14. The number of H-pyrrole nitrogens is 2. The van der Waals surface area contributed by atoms with Crippen molar-refractivity contribution in [3.63, 3.8) is 0 Å². The average molecular weight is 266 g/mol. The quantitative estimate of drug-likeness (QED) is 0.658. The molecule has 7 heteroatoms. The zero-order chi connectivity index (χ0) is 13.9. The number of hydrogen-bond donors (Lipinski definition) is 3. The fourth-order valence-electron chi connectivity index (χ4n) is 1.89. The van der Waals surface area contributed by atoms with Crippen molar-refractivity contribution in [3.8, 4) is 6.07 Å². The molecule has 2 heterocycles. The zero-order valence-electron chi connectivity index (χ0n) is 10.3. The van der Waals surface area contributed by atoms with Gasteiger partial charge in [0.05, 0.1) is 17.4 Å². The minimum atomic E-state index is -0.546. The fraction of sp³-hybridized carbons (Fsp3) is 0.0769. The Labute approximate surface area is 113 Å². The van der Waals surface area contributed by atoms with Crippen LogP contribution in [0, 0.1) is 11.3 Å². The molecule has 98 valence electrons. The summed E-state index contributed by atoms with van der Waals surface area (Å²) < 4.78 is 0. The van der Waals surface area contributed by atoms with Crippen LogP contribution in [-0.4, -0.2) is 19.9 Å². The van der Waals surface area contributed by atoms with Crippen molar-refractivity contribution in [2.45, 2.75) is 6.54 Å². The number of benzene rings is 1. The topological polar surface area (TPSA) is 110 Å². The van der Waals surface area contributed by atoms with E-state index in [9.17, 15) is 4.79 Å². The van der Waals surface area contributed by atoms with Gasteiger partial charge in [-0.15, -0.1) is 0 Å². The summed E-state index contributed by atoms with van der Waals surface area (Å²) in [7, 11) is 0. The Morgan fingerprint density at radius 2 is 2.25 bits per heavy atom. The van der Waals surface area contributed by atoms with E-state index < -0.39 is 5.69 Å². The first-order valence-corrected chi connectivity index (χ1v) is 5.92. The first-order valence-electron chi connectivity index (χ1n) is 5.92. The van der Waals surface area contributed by atoms with Crippen molar-refractivity contribution in [2.24, 2.45) is 0 Å². The maximum absolute atomic E-state index is 11.3. The number of aromatic amines is 2. The average Bonchev–Trinajstić information content (AvgIpc) is 2.92. The summed E-state index contributed by atoms with van der Waals surface area (Å²) in [5, 5.41) is 11.8. The molecule has 0 saturated heterocycles. The van der Waals surface area contributed by atoms with Gasteiger partial charge in [0, 0.05) is 12.6 Å². The molecule has 3 rings (SSSR count). The largest absolute Gasteiger partial charge is 0.366 e. The van der Waals surface area contributed by atoms with Crippen LogP contribution in [0.5, 0.6) is 0 Å². The van der Waals surface area contributed by atoms with Gasteiger partial charge in [0.2, 0.25) is 0 Å². The third-order valence-corrected chi connectivity index (χ3v) is 2.82. The molecule has 2 aromatic heterocycles. The first kappa shape index (κ1) is 11.9. The molecule has 3 aromatic rings. The molecule has 1 aromatic carbocycles. The molecule has 0 aliphatic carbocycles. The van der Waals surface area contributed by atoms with Gasteiger partial charge in [-0.1, -0.05) is 6.07 Å². The molecular formula is C13H10N6O. The monoisotopic (exact) mass is 266 g/mol. The minimum Gasteiger partial charge on any atom is -0.366 e. The summed E-state index contributed by atoms with van der Waals surface area (Å²) in [6, 6.07) is 9.19. The van der Waals surface area contributed by atoms with Gasteiger partial charge in [-0.05, 0) is 17.7 Å². The molecule has 0 bridgehead atoms. The number of imidazole rings is 1. The lowest BCUT2D eigenvalue weighted by atomic mass is 10.2. The van der Waals surface area contributed by atoms with Crippen molar-refractivity contribution in [2.75, 3.05) is 5.32 Å². The standard InChI is InChI=1S/C13H10N6O/c14-5-9-4-12(19-13(20)18-9)15-6-8-1-2-10-11(3-8)17-7-16-10/h1-4,7H,6H2,(H,16,17)(H2,15,18,19,20). The van der Waals surface area contributed by atoms with E-state index in [1.165, 1.54) is 6.07 Å². The van der Waals surface area contributed by atoms with Crippen LogP contribution < -0.4 is 11.0 Å². The third kappa shape index (κ3) is 2.35. The van der Waals surface area contributed by atoms with Gasteiger partial charge in [0.1, 0.15) is 17.6 Å². The normalized spacial score (nSPS) is 10.3. The Morgan fingerprint density at radius 3 is 3.10 bits per heavy atom. The van der Waals surface area contributed by atoms with E-state index >= 15 is 0 Å². The van der Waals surface area contributed by atoms with E-state index in [0.29, 0.717) is 12.4 Å². The smallest absolute Gasteiger partial charge is 0.347 e. The van der Waals surface area contributed by atoms with E-state index in [0.717, 1.165) is 16.6 Å². The number of rotatable bonds is 3. The third-order valence-electron chi connectivity index (χ3n) is 2.82. The molecule has 3 N–H and O–H groups in total. The van der Waals surface area contributed by atoms with Crippen molar-refractivity contribution in [1.29, 1.82) is 5.26 Å². The highest BCUT2D eigenvalue weighted by Gasteiger charge is 2.02. The van der Waals surface area contributed by atoms with Gasteiger partial charge in [0.15, 0.2) is 0 Å². The van der Waals surface area contributed by atoms with E-state index in [4.69, 9.17) is 5.26 Å². The van der Waals surface area contributed by atoms with Gasteiger partial charge < -0.3 is 10.3 Å². The van der Waals surface area contributed by atoms with Crippen molar-refractivity contribution >= 4 is 16.9 Å². The maximum atomic E-state index is 11.3. The highest BCUT2D eigenvalue weighted by Crippen LogP contribution is 2.12. The molecule has 0 spiro atoms. The fourth-order valence-corrected chi connectivity index (χ4v) is 1.89. The zero-order valence-corrected chi connectivity index (χ0v) is 10.3. The Kier molecular flexibility index (Phi) is 2.89. The number of fused-ring (bicyclic) bond motifs is 1. The van der Waals surface area contributed by atoms with E-state index in [1.807, 2.05) is 24.3 Å². The van der Waals surface area contributed by atoms with Crippen LogP contribution in [0.25, 0.3) is 11.0 Å². The second kappa shape index (κ2) is 4.85. The Bertz CT molecular complexity index is 857. The summed E-state index contributed by atoms with van der Waals surface area (Å²) in [6.45, 7) is 0.496. The lowest BCUT2D eigenvalue weighted by Gasteiger charge is -2.05. The van der Waals surface area contributed by atoms with E-state index in [-0.39, 0.29) is 5.69 Å². The van der Waals surface area contributed by atoms with Crippen LogP contribution in [0.1, 0.15) is 11.3 Å². The molecule has 0 saturated carbocycles. The Balaban J connectivity index is 1.80. The maximum Gasteiger partial charge on any atom is 0.347 e. The first-order chi connectivity index (χ1) is 9.74. The number of nitrogens with zero attached hydrogens (tertiary/aromatic N) is 3. The minimum absolute atomic E-state index is 0.177. The summed E-state index contributed by atoms with van der Waals surface area (Å²) in [5.41, 5.74) is 2.49. The number of anilines is 1. The summed E-state index contributed by atoms with van der Waals surface area (Å²) in [4.78, 5) is 24.5. The summed E-state index contributed by atoms with van der Waals surface area (Å²) >= 11 is 0. The molecule has 0 amide bonds. The number of nitrogens with one attached hydrogen (secondary N) is 3. The van der Waals surface area contributed by atoms with Gasteiger partial charge in [-0.2, -0.15) is 10.2 Å². The summed E-state index contributed by atoms with van der Waals surface area (Å²) in [6.07, 6.45) is 1.64. The number of aromatic nitrogens is 4. The predicted molar refractivity (Wildman–Crippen MR) is 73.0 cm³/mol. The van der Waals surface area contributed by atoms with Crippen molar-refractivity contribution < 1.29 is 0 Å². The lowest BCUT2D eigenvalue weighted by molar-refractivity contribution is 1.02. The van der Waals surface area contributed by atoms with Crippen molar-refractivity contribution in [3.05, 3.63) is 52.3 Å². The lowest BCUT2D eigenvalue weighted by Crippen LogP contribution is -2.14. The SMILES string of the molecule is N#Cc1cc(NCc2ccc3nc[nH]c3c2)nc(=O)[nH]1. The van der Waals surface area contributed by atoms with Gasteiger partial charge in [-0.25, -0.2) is 9.78 Å². The molecule has 0 aliphatic rings. The summed E-state index contributed by atoms with van der Waals surface area (Å²) in [5.74, 6) is 0.370. The molecule has 0 fully saturated rings. The van der Waals surface area contributed by atoms with Crippen LogP contribution in [0.3, 0.4) is 0 Å². The highest BCUT2D eigenvalue weighted by atomic mass is 16.1. The molecule has 7 nitrogen and oxygen atoms in total. The van der Waals surface area contributed by atoms with Crippen LogP contribution in [0.2, 0.25) is 0 Å². The predicted octanol–water partition coefficient (Wildman–Crippen LogP) is 1.13. The Morgan fingerprint density at radius 1 is 1.35 bits per heavy atom. The molecule has 0 unspecified atom stereocenters. The van der Waals surface area contributed by atoms with Crippen LogP contribution >= 0.6 is 0 Å². The highest BCUT2D eigenvalue weighted by molar-refractivity contribution is 5.75. The number of hydrogen-bond acceptors (Lipinski definition) is 5.